The van der Waals surface area contributed by atoms with Crippen molar-refractivity contribution in [3.8, 4) is 11.4 Å². The van der Waals surface area contributed by atoms with Crippen LogP contribution in [0.2, 0.25) is 5.15 Å². The van der Waals surface area contributed by atoms with Crippen LogP contribution in [0.25, 0.3) is 17.0 Å². The molecule has 4 nitrogen and oxygen atoms in total. The summed E-state index contributed by atoms with van der Waals surface area (Å²) >= 11 is 6.43. The van der Waals surface area contributed by atoms with E-state index in [-0.39, 0.29) is 0 Å². The van der Waals surface area contributed by atoms with Crippen molar-refractivity contribution in [1.82, 2.24) is 19.6 Å². The van der Waals surface area contributed by atoms with Crippen molar-refractivity contribution in [1.29, 1.82) is 0 Å². The van der Waals surface area contributed by atoms with E-state index < -0.39 is 0 Å². The number of hydrogen-bond acceptors (Lipinski definition) is 3. The number of fused-ring (bicyclic) bond motifs is 2. The smallest absolute Gasteiger partial charge is 0.157 e. The predicted octanol–water partition coefficient (Wildman–Crippen LogP) is 2.93. The van der Waals surface area contributed by atoms with E-state index in [2.05, 4.69) is 15.1 Å². The van der Waals surface area contributed by atoms with Gasteiger partial charge in [-0.2, -0.15) is 5.10 Å². The average Bonchev–Trinajstić information content (AvgIpc) is 3.06. The van der Waals surface area contributed by atoms with Gasteiger partial charge in [0.2, 0.25) is 0 Å². The Morgan fingerprint density at radius 3 is 2.95 bits per heavy atom. The first-order valence-corrected chi connectivity index (χ1v) is 6.69. The highest BCUT2D eigenvalue weighted by atomic mass is 35.5. The molecule has 5 heteroatoms. The molecule has 0 spiro atoms. The minimum atomic E-state index is 0.694. The molecule has 0 amide bonds. The van der Waals surface area contributed by atoms with Crippen molar-refractivity contribution in [3.63, 3.8) is 0 Å². The maximum absolute atomic E-state index is 6.43. The van der Waals surface area contributed by atoms with Crippen LogP contribution in [-0.2, 0) is 12.8 Å². The lowest BCUT2D eigenvalue weighted by atomic mass is 10.2. The first-order valence-electron chi connectivity index (χ1n) is 6.31. The molecule has 94 valence electrons. The summed E-state index contributed by atoms with van der Waals surface area (Å²) in [7, 11) is 0. The fourth-order valence-corrected chi connectivity index (χ4v) is 2.90. The van der Waals surface area contributed by atoms with E-state index in [1.807, 2.05) is 24.3 Å². The molecule has 1 aliphatic carbocycles. The number of hydrogen-bond donors (Lipinski definition) is 0. The van der Waals surface area contributed by atoms with Crippen molar-refractivity contribution < 1.29 is 0 Å². The molecule has 0 fully saturated rings. The Morgan fingerprint density at radius 1 is 1.16 bits per heavy atom. The van der Waals surface area contributed by atoms with Crippen molar-refractivity contribution in [3.05, 3.63) is 46.9 Å². The van der Waals surface area contributed by atoms with Gasteiger partial charge in [-0.05, 0) is 31.4 Å². The van der Waals surface area contributed by atoms with Crippen LogP contribution >= 0.6 is 11.6 Å². The van der Waals surface area contributed by atoms with Crippen LogP contribution in [-0.4, -0.2) is 19.6 Å². The summed E-state index contributed by atoms with van der Waals surface area (Å²) in [6.45, 7) is 0. The van der Waals surface area contributed by atoms with E-state index in [0.29, 0.717) is 5.15 Å². The lowest BCUT2D eigenvalue weighted by Crippen LogP contribution is -1.99. The third-order valence-electron chi connectivity index (χ3n) is 3.49. The second kappa shape index (κ2) is 4.03. The summed E-state index contributed by atoms with van der Waals surface area (Å²) in [5.74, 6) is 0. The van der Waals surface area contributed by atoms with Gasteiger partial charge in [0.15, 0.2) is 5.65 Å². The van der Waals surface area contributed by atoms with Gasteiger partial charge >= 0.3 is 0 Å². The van der Waals surface area contributed by atoms with Crippen LogP contribution in [0.4, 0.5) is 0 Å². The molecule has 4 rings (SSSR count). The lowest BCUT2D eigenvalue weighted by Gasteiger charge is -2.03. The number of aromatic nitrogens is 4. The number of rotatable bonds is 1. The Labute approximate surface area is 115 Å². The van der Waals surface area contributed by atoms with Gasteiger partial charge in [-0.25, -0.2) is 9.50 Å². The maximum Gasteiger partial charge on any atom is 0.157 e. The Hall–Kier alpha value is -1.94. The van der Waals surface area contributed by atoms with E-state index in [1.165, 1.54) is 0 Å². The number of halogens is 1. The Morgan fingerprint density at radius 2 is 2.11 bits per heavy atom. The molecule has 1 aliphatic rings. The summed E-state index contributed by atoms with van der Waals surface area (Å²) in [5.41, 5.74) is 4.70. The molecule has 0 bridgehead atoms. The fourth-order valence-electron chi connectivity index (χ4n) is 2.57. The van der Waals surface area contributed by atoms with E-state index in [9.17, 15) is 0 Å². The zero-order chi connectivity index (χ0) is 12.8. The molecular weight excluding hydrogens is 260 g/mol. The minimum Gasteiger partial charge on any atom is -0.255 e. The van der Waals surface area contributed by atoms with Crippen LogP contribution in [0.15, 0.2) is 30.5 Å². The van der Waals surface area contributed by atoms with Crippen LogP contribution in [0.1, 0.15) is 17.7 Å². The highest BCUT2D eigenvalue weighted by Gasteiger charge is 2.20. The van der Waals surface area contributed by atoms with Gasteiger partial charge in [-0.1, -0.05) is 17.7 Å². The molecule has 3 heterocycles. The topological polar surface area (TPSA) is 43.1 Å². The monoisotopic (exact) mass is 270 g/mol. The van der Waals surface area contributed by atoms with Crippen molar-refractivity contribution >= 4 is 17.2 Å². The van der Waals surface area contributed by atoms with Crippen LogP contribution in [0.5, 0.6) is 0 Å². The number of pyridine rings is 1. The summed E-state index contributed by atoms with van der Waals surface area (Å²) in [6, 6.07) is 7.70. The quantitative estimate of drug-likeness (QED) is 0.639. The van der Waals surface area contributed by atoms with Gasteiger partial charge in [-0.15, -0.1) is 0 Å². The van der Waals surface area contributed by atoms with Gasteiger partial charge in [0.1, 0.15) is 10.8 Å². The molecule has 0 unspecified atom stereocenters. The van der Waals surface area contributed by atoms with Crippen molar-refractivity contribution in [2.24, 2.45) is 0 Å². The van der Waals surface area contributed by atoms with Crippen LogP contribution < -0.4 is 0 Å². The van der Waals surface area contributed by atoms with Gasteiger partial charge in [0.05, 0.1) is 5.69 Å². The second-order valence-corrected chi connectivity index (χ2v) is 5.05. The summed E-state index contributed by atoms with van der Waals surface area (Å²) < 4.78 is 1.72. The zero-order valence-corrected chi connectivity index (χ0v) is 10.9. The molecule has 0 N–H and O–H groups in total. The first kappa shape index (κ1) is 10.9. The van der Waals surface area contributed by atoms with Crippen LogP contribution in [0.3, 0.4) is 0 Å². The largest absolute Gasteiger partial charge is 0.255 e. The molecule has 0 saturated carbocycles. The van der Waals surface area contributed by atoms with E-state index in [4.69, 9.17) is 11.6 Å². The van der Waals surface area contributed by atoms with E-state index >= 15 is 0 Å². The van der Waals surface area contributed by atoms with Crippen LogP contribution in [0, 0.1) is 0 Å². The average molecular weight is 271 g/mol. The van der Waals surface area contributed by atoms with Gasteiger partial charge < -0.3 is 0 Å². The van der Waals surface area contributed by atoms with E-state index in [0.717, 1.165) is 47.6 Å². The summed E-state index contributed by atoms with van der Waals surface area (Å²) in [6.07, 6.45) is 4.89. The van der Waals surface area contributed by atoms with Gasteiger partial charge in [0.25, 0.3) is 0 Å². The first-order chi connectivity index (χ1) is 9.33. The molecule has 19 heavy (non-hydrogen) atoms. The molecule has 0 saturated heterocycles. The van der Waals surface area contributed by atoms with E-state index in [1.54, 1.807) is 10.7 Å². The normalized spacial score (nSPS) is 13.9. The SMILES string of the molecule is Clc1c2c(nc3cc(-c4ccccn4)nn13)CCC2. The molecular formula is C14H11ClN4. The fraction of sp³-hybridized carbons (Fsp3) is 0.214. The summed E-state index contributed by atoms with van der Waals surface area (Å²) in [5, 5.41) is 5.21. The zero-order valence-electron chi connectivity index (χ0n) is 10.2. The Balaban J connectivity index is 1.96. The Bertz CT molecular complexity index is 764. The maximum atomic E-state index is 6.43. The third-order valence-corrected chi connectivity index (χ3v) is 3.88. The highest BCUT2D eigenvalue weighted by Crippen LogP contribution is 2.29. The molecule has 0 radical (unpaired) electrons. The third kappa shape index (κ3) is 1.64. The summed E-state index contributed by atoms with van der Waals surface area (Å²) in [4.78, 5) is 8.96. The van der Waals surface area contributed by atoms with Crippen molar-refractivity contribution in [2.45, 2.75) is 19.3 Å². The lowest BCUT2D eigenvalue weighted by molar-refractivity contribution is 0.900. The molecule has 3 aromatic heterocycles. The minimum absolute atomic E-state index is 0.694. The molecule has 3 aromatic rings. The van der Waals surface area contributed by atoms with Crippen molar-refractivity contribution in [2.75, 3.05) is 0 Å². The second-order valence-electron chi connectivity index (χ2n) is 4.70. The van der Waals surface area contributed by atoms with Gasteiger partial charge in [-0.3, -0.25) is 4.98 Å². The molecule has 0 atom stereocenters. The number of aryl methyl sites for hydroxylation is 1. The molecule has 0 aliphatic heterocycles. The molecule has 0 aromatic carbocycles. The van der Waals surface area contributed by atoms with Gasteiger partial charge in [0, 0.05) is 23.5 Å². The number of nitrogens with zero attached hydrogens (tertiary/aromatic N) is 4. The standard InChI is InChI=1S/C14H11ClN4/c15-14-9-4-3-6-10(9)17-13-8-12(18-19(13)14)11-5-1-2-7-16-11/h1-2,5,7-8H,3-4,6H2. The highest BCUT2D eigenvalue weighted by molar-refractivity contribution is 6.30. The Kier molecular flexibility index (Phi) is 2.32. The predicted molar refractivity (Wildman–Crippen MR) is 73.3 cm³/mol.